The maximum atomic E-state index is 12.5. The van der Waals surface area contributed by atoms with Crippen LogP contribution in [0.5, 0.6) is 5.75 Å². The molecule has 0 unspecified atom stereocenters. The molecule has 0 saturated heterocycles. The number of hydrogen-bond donors (Lipinski definition) is 2. The van der Waals surface area contributed by atoms with E-state index in [4.69, 9.17) is 9.15 Å². The summed E-state index contributed by atoms with van der Waals surface area (Å²) < 4.78 is 11.1. The van der Waals surface area contributed by atoms with Crippen LogP contribution in [0.1, 0.15) is 22.8 Å². The lowest BCUT2D eigenvalue weighted by Crippen LogP contribution is -2.15. The highest BCUT2D eigenvalue weighted by atomic mass is 32.2. The minimum Gasteiger partial charge on any atom is -0.494 e. The summed E-state index contributed by atoms with van der Waals surface area (Å²) in [7, 11) is 0. The van der Waals surface area contributed by atoms with Crippen LogP contribution in [0.2, 0.25) is 0 Å². The number of nitrogens with zero attached hydrogens (tertiary/aromatic N) is 2. The SMILES string of the molecule is CCOc1ccc(NC(=O)c2ccc(NC(=O)CSc3nnc(-c4ccccc4C)o3)cc2)cc1. The number of aromatic nitrogens is 2. The summed E-state index contributed by atoms with van der Waals surface area (Å²) in [5, 5.41) is 14.0. The first-order valence-corrected chi connectivity index (χ1v) is 12.0. The van der Waals surface area contributed by atoms with Gasteiger partial charge in [-0.05, 0) is 74.0 Å². The molecule has 0 aliphatic rings. The van der Waals surface area contributed by atoms with Gasteiger partial charge in [-0.1, -0.05) is 30.0 Å². The molecule has 0 atom stereocenters. The summed E-state index contributed by atoms with van der Waals surface area (Å²) in [5.74, 6) is 0.801. The molecule has 1 heterocycles. The number of amides is 2. The van der Waals surface area contributed by atoms with Crippen LogP contribution in [0, 0.1) is 6.92 Å². The molecular weight excluding hydrogens is 464 g/mol. The highest BCUT2D eigenvalue weighted by Gasteiger charge is 2.13. The molecule has 35 heavy (non-hydrogen) atoms. The Balaban J connectivity index is 1.27. The maximum absolute atomic E-state index is 12.5. The Morgan fingerprint density at radius 1 is 0.914 bits per heavy atom. The van der Waals surface area contributed by atoms with Crippen LogP contribution in [-0.4, -0.2) is 34.4 Å². The van der Waals surface area contributed by atoms with Gasteiger partial charge in [0, 0.05) is 22.5 Å². The largest absolute Gasteiger partial charge is 0.494 e. The number of aryl methyl sites for hydroxylation is 1. The standard InChI is InChI=1S/C26H24N4O4S/c1-3-33-21-14-12-20(13-15-21)28-24(32)18-8-10-19(11-9-18)27-23(31)16-35-26-30-29-25(34-26)22-7-5-4-6-17(22)2/h4-15H,3,16H2,1-2H3,(H,27,31)(H,28,32). The summed E-state index contributed by atoms with van der Waals surface area (Å²) in [6, 6.07) is 21.5. The summed E-state index contributed by atoms with van der Waals surface area (Å²) in [6.07, 6.45) is 0. The van der Waals surface area contributed by atoms with Gasteiger partial charge in [0.2, 0.25) is 11.8 Å². The van der Waals surface area contributed by atoms with Gasteiger partial charge in [-0.15, -0.1) is 10.2 Å². The zero-order valence-corrected chi connectivity index (χ0v) is 20.1. The second kappa shape index (κ2) is 11.3. The smallest absolute Gasteiger partial charge is 0.277 e. The first-order chi connectivity index (χ1) is 17.0. The van der Waals surface area contributed by atoms with Crippen molar-refractivity contribution in [3.8, 4) is 17.2 Å². The van der Waals surface area contributed by atoms with E-state index in [1.54, 1.807) is 48.5 Å². The topological polar surface area (TPSA) is 106 Å². The first-order valence-electron chi connectivity index (χ1n) is 11.0. The van der Waals surface area contributed by atoms with E-state index < -0.39 is 0 Å². The van der Waals surface area contributed by atoms with Gasteiger partial charge in [-0.3, -0.25) is 9.59 Å². The van der Waals surface area contributed by atoms with Gasteiger partial charge in [0.15, 0.2) is 0 Å². The minimum atomic E-state index is -0.247. The number of benzene rings is 3. The molecule has 4 aromatic rings. The van der Waals surface area contributed by atoms with Crippen molar-refractivity contribution in [3.63, 3.8) is 0 Å². The zero-order valence-electron chi connectivity index (χ0n) is 19.3. The van der Waals surface area contributed by atoms with Crippen molar-refractivity contribution >= 4 is 35.0 Å². The number of anilines is 2. The van der Waals surface area contributed by atoms with Crippen molar-refractivity contribution in [2.24, 2.45) is 0 Å². The van der Waals surface area contributed by atoms with Crippen molar-refractivity contribution in [2.45, 2.75) is 19.1 Å². The first kappa shape index (κ1) is 24.0. The lowest BCUT2D eigenvalue weighted by atomic mass is 10.1. The minimum absolute atomic E-state index is 0.107. The Hall–Kier alpha value is -4.11. The van der Waals surface area contributed by atoms with Crippen molar-refractivity contribution in [1.29, 1.82) is 0 Å². The predicted octanol–water partition coefficient (Wildman–Crippen LogP) is 5.43. The molecule has 0 fully saturated rings. The molecule has 2 amide bonds. The Kier molecular flexibility index (Phi) is 7.79. The van der Waals surface area contributed by atoms with Crippen LogP contribution in [-0.2, 0) is 4.79 Å². The number of hydrogen-bond acceptors (Lipinski definition) is 7. The molecule has 8 nitrogen and oxygen atoms in total. The van der Waals surface area contributed by atoms with E-state index in [0.717, 1.165) is 28.6 Å². The Labute approximate surface area is 207 Å². The average Bonchev–Trinajstić information content (AvgIpc) is 3.34. The van der Waals surface area contributed by atoms with Crippen LogP contribution in [0.3, 0.4) is 0 Å². The zero-order chi connectivity index (χ0) is 24.6. The van der Waals surface area contributed by atoms with Crippen LogP contribution in [0.15, 0.2) is 82.4 Å². The number of nitrogens with one attached hydrogen (secondary N) is 2. The van der Waals surface area contributed by atoms with Crippen molar-refractivity contribution < 1.29 is 18.7 Å². The molecule has 178 valence electrons. The third-order valence-corrected chi connectivity index (χ3v) is 5.78. The lowest BCUT2D eigenvalue weighted by molar-refractivity contribution is -0.113. The molecule has 0 aliphatic heterocycles. The molecule has 9 heteroatoms. The molecule has 4 rings (SSSR count). The van der Waals surface area contributed by atoms with Crippen molar-refractivity contribution in [3.05, 3.63) is 83.9 Å². The normalized spacial score (nSPS) is 10.6. The van der Waals surface area contributed by atoms with E-state index in [2.05, 4.69) is 20.8 Å². The van der Waals surface area contributed by atoms with Gasteiger partial charge in [0.25, 0.3) is 11.1 Å². The van der Waals surface area contributed by atoms with Crippen LogP contribution >= 0.6 is 11.8 Å². The Bertz CT molecular complexity index is 1300. The lowest BCUT2D eigenvalue weighted by Gasteiger charge is -2.08. The molecular formula is C26H24N4O4S. The number of carbonyl (C=O) groups excluding carboxylic acids is 2. The van der Waals surface area contributed by atoms with Crippen molar-refractivity contribution in [2.75, 3.05) is 23.0 Å². The highest BCUT2D eigenvalue weighted by molar-refractivity contribution is 7.99. The summed E-state index contributed by atoms with van der Waals surface area (Å²) in [4.78, 5) is 24.8. The molecule has 2 N–H and O–H groups in total. The predicted molar refractivity (Wildman–Crippen MR) is 136 cm³/mol. The van der Waals surface area contributed by atoms with Crippen LogP contribution < -0.4 is 15.4 Å². The van der Waals surface area contributed by atoms with E-state index in [1.165, 1.54) is 0 Å². The summed E-state index contributed by atoms with van der Waals surface area (Å²) >= 11 is 1.16. The van der Waals surface area contributed by atoms with Crippen LogP contribution in [0.4, 0.5) is 11.4 Å². The quantitative estimate of drug-likeness (QED) is 0.303. The van der Waals surface area contributed by atoms with Gasteiger partial charge in [-0.25, -0.2) is 0 Å². The fourth-order valence-corrected chi connectivity index (χ4v) is 3.79. The van der Waals surface area contributed by atoms with E-state index in [0.29, 0.717) is 34.7 Å². The molecule has 1 aromatic heterocycles. The third kappa shape index (κ3) is 6.48. The second-order valence-corrected chi connectivity index (χ2v) is 8.44. The average molecular weight is 489 g/mol. The molecule has 0 aliphatic carbocycles. The monoisotopic (exact) mass is 488 g/mol. The van der Waals surface area contributed by atoms with E-state index >= 15 is 0 Å². The van der Waals surface area contributed by atoms with Crippen LogP contribution in [0.25, 0.3) is 11.5 Å². The third-order valence-electron chi connectivity index (χ3n) is 4.96. The molecule has 0 bridgehead atoms. The number of rotatable bonds is 9. The summed E-state index contributed by atoms with van der Waals surface area (Å²) in [5.41, 5.74) is 3.62. The molecule has 0 spiro atoms. The van der Waals surface area contributed by atoms with Gasteiger partial charge in [0.1, 0.15) is 5.75 Å². The summed E-state index contributed by atoms with van der Waals surface area (Å²) in [6.45, 7) is 4.46. The fraction of sp³-hybridized carbons (Fsp3) is 0.154. The van der Waals surface area contributed by atoms with Gasteiger partial charge in [0.05, 0.1) is 12.4 Å². The van der Waals surface area contributed by atoms with Crippen molar-refractivity contribution in [1.82, 2.24) is 10.2 Å². The fourth-order valence-electron chi connectivity index (χ4n) is 3.22. The maximum Gasteiger partial charge on any atom is 0.277 e. The molecule has 0 saturated carbocycles. The van der Waals surface area contributed by atoms with Gasteiger partial charge < -0.3 is 19.8 Å². The number of ether oxygens (including phenoxy) is 1. The number of carbonyl (C=O) groups is 2. The Morgan fingerprint density at radius 2 is 1.60 bits per heavy atom. The van der Waals surface area contributed by atoms with E-state index in [-0.39, 0.29) is 17.6 Å². The Morgan fingerprint density at radius 3 is 2.31 bits per heavy atom. The molecule has 0 radical (unpaired) electrons. The molecule has 3 aromatic carbocycles. The second-order valence-electron chi connectivity index (χ2n) is 7.51. The highest BCUT2D eigenvalue weighted by Crippen LogP contribution is 2.25. The van der Waals surface area contributed by atoms with Gasteiger partial charge >= 0.3 is 0 Å². The number of thioether (sulfide) groups is 1. The van der Waals surface area contributed by atoms with E-state index in [9.17, 15) is 9.59 Å². The van der Waals surface area contributed by atoms with E-state index in [1.807, 2.05) is 38.1 Å². The van der Waals surface area contributed by atoms with Gasteiger partial charge in [-0.2, -0.15) is 0 Å².